The molecule has 0 saturated carbocycles. The summed E-state index contributed by atoms with van der Waals surface area (Å²) < 4.78 is 13.6. The number of halogens is 1. The summed E-state index contributed by atoms with van der Waals surface area (Å²) in [5.41, 5.74) is 1.78. The molecule has 2 N–H and O–H groups in total. The van der Waals surface area contributed by atoms with Crippen molar-refractivity contribution in [3.8, 4) is 0 Å². The normalized spacial score (nSPS) is 10.4. The van der Waals surface area contributed by atoms with Crippen LogP contribution in [0.2, 0.25) is 0 Å². The molecule has 0 unspecified atom stereocenters. The Hall–Kier alpha value is -2.45. The number of hydrogen-bond acceptors (Lipinski definition) is 5. The fourth-order valence-corrected chi connectivity index (χ4v) is 3.82. The molecule has 0 spiro atoms. The van der Waals surface area contributed by atoms with Crippen molar-refractivity contribution in [2.75, 3.05) is 16.4 Å². The number of aromatic nitrogens is 2. The van der Waals surface area contributed by atoms with E-state index in [0.29, 0.717) is 10.8 Å². The van der Waals surface area contributed by atoms with E-state index in [9.17, 15) is 9.18 Å². The fraction of sp³-hybridized carbons (Fsp3) is 0.118. The quantitative estimate of drug-likeness (QED) is 0.487. The predicted molar refractivity (Wildman–Crippen MR) is 99.8 cm³/mol. The SMILES string of the molecule is O=C(Nc1ccc(F)cc1)Nc1nnc(SCCc2ccccc2)s1. The average molecular weight is 374 g/mol. The zero-order valence-corrected chi connectivity index (χ0v) is 14.7. The predicted octanol–water partition coefficient (Wildman–Crippen LogP) is 4.66. The van der Waals surface area contributed by atoms with E-state index in [1.165, 1.54) is 41.2 Å². The lowest BCUT2D eigenvalue weighted by Crippen LogP contribution is -2.19. The van der Waals surface area contributed by atoms with Gasteiger partial charge in [-0.05, 0) is 36.2 Å². The van der Waals surface area contributed by atoms with Gasteiger partial charge in [0.15, 0.2) is 4.34 Å². The van der Waals surface area contributed by atoms with Crippen LogP contribution in [0.1, 0.15) is 5.56 Å². The van der Waals surface area contributed by atoms with Crippen LogP contribution >= 0.6 is 23.1 Å². The van der Waals surface area contributed by atoms with E-state index in [0.717, 1.165) is 16.5 Å². The minimum Gasteiger partial charge on any atom is -0.308 e. The first kappa shape index (κ1) is 17.4. The van der Waals surface area contributed by atoms with Gasteiger partial charge in [-0.2, -0.15) is 0 Å². The van der Waals surface area contributed by atoms with Crippen molar-refractivity contribution in [2.45, 2.75) is 10.8 Å². The molecule has 0 bridgehead atoms. The van der Waals surface area contributed by atoms with Crippen LogP contribution in [0.5, 0.6) is 0 Å². The second kappa shape index (κ2) is 8.59. The third kappa shape index (κ3) is 5.54. The monoisotopic (exact) mass is 374 g/mol. The summed E-state index contributed by atoms with van der Waals surface area (Å²) in [6, 6.07) is 15.3. The number of urea groups is 1. The molecular formula is C17H15FN4OS2. The van der Waals surface area contributed by atoms with Gasteiger partial charge < -0.3 is 5.32 Å². The molecule has 2 aromatic carbocycles. The molecule has 2 amide bonds. The van der Waals surface area contributed by atoms with Crippen LogP contribution in [-0.2, 0) is 6.42 Å². The summed E-state index contributed by atoms with van der Waals surface area (Å²) in [7, 11) is 0. The lowest BCUT2D eigenvalue weighted by Gasteiger charge is -2.04. The fourth-order valence-electron chi connectivity index (χ4n) is 2.01. The highest BCUT2D eigenvalue weighted by molar-refractivity contribution is 8.01. The molecule has 0 aliphatic heterocycles. The first-order valence-electron chi connectivity index (χ1n) is 7.53. The van der Waals surface area contributed by atoms with Crippen LogP contribution in [0, 0.1) is 5.82 Å². The highest BCUT2D eigenvalue weighted by atomic mass is 32.2. The van der Waals surface area contributed by atoms with Gasteiger partial charge in [-0.3, -0.25) is 5.32 Å². The van der Waals surface area contributed by atoms with Gasteiger partial charge >= 0.3 is 6.03 Å². The molecule has 0 radical (unpaired) electrons. The maximum absolute atomic E-state index is 12.8. The highest BCUT2D eigenvalue weighted by Crippen LogP contribution is 2.26. The van der Waals surface area contributed by atoms with Gasteiger partial charge in [0.25, 0.3) is 0 Å². The number of carbonyl (C=O) groups is 1. The molecule has 128 valence electrons. The highest BCUT2D eigenvalue weighted by Gasteiger charge is 2.09. The summed E-state index contributed by atoms with van der Waals surface area (Å²) in [4.78, 5) is 11.9. The second-order valence-corrected chi connectivity index (χ2v) is 7.36. The average Bonchev–Trinajstić information content (AvgIpc) is 3.05. The first-order chi connectivity index (χ1) is 12.2. The number of nitrogens with zero attached hydrogens (tertiary/aromatic N) is 2. The van der Waals surface area contributed by atoms with Gasteiger partial charge in [0.05, 0.1) is 0 Å². The summed E-state index contributed by atoms with van der Waals surface area (Å²) >= 11 is 2.92. The topological polar surface area (TPSA) is 66.9 Å². The zero-order chi connectivity index (χ0) is 17.5. The Morgan fingerprint density at radius 1 is 1.04 bits per heavy atom. The summed E-state index contributed by atoms with van der Waals surface area (Å²) in [6.45, 7) is 0. The summed E-state index contributed by atoms with van der Waals surface area (Å²) in [5, 5.41) is 13.7. The Morgan fingerprint density at radius 2 is 1.80 bits per heavy atom. The summed E-state index contributed by atoms with van der Waals surface area (Å²) in [5.74, 6) is 0.535. The van der Waals surface area contributed by atoms with E-state index >= 15 is 0 Å². The van der Waals surface area contributed by atoms with Crippen molar-refractivity contribution in [2.24, 2.45) is 0 Å². The minimum atomic E-state index is -0.441. The molecule has 25 heavy (non-hydrogen) atoms. The van der Waals surface area contributed by atoms with Crippen molar-refractivity contribution < 1.29 is 9.18 Å². The molecule has 0 aliphatic rings. The third-order valence-corrected chi connectivity index (χ3v) is 5.16. The van der Waals surface area contributed by atoms with Crippen LogP contribution in [0.25, 0.3) is 0 Å². The van der Waals surface area contributed by atoms with Crippen molar-refractivity contribution in [1.29, 1.82) is 0 Å². The second-order valence-electron chi connectivity index (χ2n) is 5.04. The number of rotatable bonds is 6. The number of nitrogens with one attached hydrogen (secondary N) is 2. The van der Waals surface area contributed by atoms with E-state index in [2.05, 4.69) is 33.0 Å². The minimum absolute atomic E-state index is 0.354. The van der Waals surface area contributed by atoms with Crippen molar-refractivity contribution in [1.82, 2.24) is 10.2 Å². The Kier molecular flexibility index (Phi) is 5.97. The molecule has 0 fully saturated rings. The van der Waals surface area contributed by atoms with Gasteiger partial charge in [-0.1, -0.05) is 53.4 Å². The molecule has 3 aromatic rings. The largest absolute Gasteiger partial charge is 0.325 e. The summed E-state index contributed by atoms with van der Waals surface area (Å²) in [6.07, 6.45) is 0.943. The van der Waals surface area contributed by atoms with E-state index in [1.54, 1.807) is 11.8 Å². The Bertz CT molecular complexity index is 824. The molecule has 1 heterocycles. The third-order valence-electron chi connectivity index (χ3n) is 3.19. The molecule has 1 aromatic heterocycles. The number of thioether (sulfide) groups is 1. The van der Waals surface area contributed by atoms with Gasteiger partial charge in [0.1, 0.15) is 5.82 Å². The lowest BCUT2D eigenvalue weighted by molar-refractivity contribution is 0.262. The van der Waals surface area contributed by atoms with Crippen LogP contribution in [-0.4, -0.2) is 22.0 Å². The number of amides is 2. The molecule has 0 atom stereocenters. The number of benzene rings is 2. The van der Waals surface area contributed by atoms with Gasteiger partial charge in [0.2, 0.25) is 5.13 Å². The van der Waals surface area contributed by atoms with E-state index in [4.69, 9.17) is 0 Å². The Morgan fingerprint density at radius 3 is 2.56 bits per heavy atom. The van der Waals surface area contributed by atoms with Gasteiger partial charge in [-0.25, -0.2) is 9.18 Å². The van der Waals surface area contributed by atoms with Crippen molar-refractivity contribution >= 4 is 39.9 Å². The Balaban J connectivity index is 1.46. The standard InChI is InChI=1S/C17H15FN4OS2/c18-13-6-8-14(9-7-13)19-15(23)20-16-21-22-17(25-16)24-11-10-12-4-2-1-3-5-12/h1-9H,10-11H2,(H2,19,20,21,23). The molecule has 0 saturated heterocycles. The zero-order valence-electron chi connectivity index (χ0n) is 13.1. The van der Waals surface area contributed by atoms with E-state index < -0.39 is 6.03 Å². The van der Waals surface area contributed by atoms with Crippen molar-refractivity contribution in [3.05, 3.63) is 66.0 Å². The van der Waals surface area contributed by atoms with Gasteiger partial charge in [-0.15, -0.1) is 10.2 Å². The smallest absolute Gasteiger partial charge is 0.308 e. The number of anilines is 2. The van der Waals surface area contributed by atoms with Crippen LogP contribution < -0.4 is 10.6 Å². The number of aryl methyl sites for hydroxylation is 1. The molecule has 3 rings (SSSR count). The molecular weight excluding hydrogens is 359 g/mol. The number of hydrogen-bond donors (Lipinski definition) is 2. The van der Waals surface area contributed by atoms with Crippen LogP contribution in [0.4, 0.5) is 20.0 Å². The lowest BCUT2D eigenvalue weighted by atomic mass is 10.2. The van der Waals surface area contributed by atoms with E-state index in [1.807, 2.05) is 18.2 Å². The van der Waals surface area contributed by atoms with E-state index in [-0.39, 0.29) is 5.82 Å². The maximum Gasteiger partial charge on any atom is 0.325 e. The molecule has 0 aliphatic carbocycles. The van der Waals surface area contributed by atoms with Crippen LogP contribution in [0.3, 0.4) is 0 Å². The van der Waals surface area contributed by atoms with Gasteiger partial charge in [0, 0.05) is 11.4 Å². The first-order valence-corrected chi connectivity index (χ1v) is 9.33. The molecule has 5 nitrogen and oxygen atoms in total. The van der Waals surface area contributed by atoms with Crippen molar-refractivity contribution in [3.63, 3.8) is 0 Å². The Labute approximate surface area is 152 Å². The molecule has 8 heteroatoms. The number of carbonyl (C=O) groups excluding carboxylic acids is 1. The van der Waals surface area contributed by atoms with Crippen LogP contribution in [0.15, 0.2) is 58.9 Å². The maximum atomic E-state index is 12.8.